The molecule has 3 N–H and O–H groups in total. The first-order valence-electron chi connectivity index (χ1n) is 8.85. The minimum atomic E-state index is -4.05. The molecule has 0 heterocycles. The van der Waals surface area contributed by atoms with Crippen LogP contribution in [0.25, 0.3) is 0 Å². The number of anilines is 1. The monoisotopic (exact) mass is 495 g/mol. The minimum Gasteiger partial charge on any atom is -0.507 e. The molecule has 0 aliphatic rings. The summed E-state index contributed by atoms with van der Waals surface area (Å²) in [6.07, 6.45) is 0. The number of aliphatic carboxylic acids is 1. The van der Waals surface area contributed by atoms with Gasteiger partial charge in [-0.2, -0.15) is 0 Å². The third-order valence-corrected chi connectivity index (χ3v) is 6.58. The van der Waals surface area contributed by atoms with Gasteiger partial charge in [0.15, 0.2) is 5.75 Å². The molecule has 0 radical (unpaired) electrons. The average molecular weight is 496 g/mol. The number of carbonyl (C=O) groups excluding carboxylic acids is 1. The van der Waals surface area contributed by atoms with Crippen molar-refractivity contribution in [2.75, 3.05) is 5.32 Å². The van der Waals surface area contributed by atoms with Crippen molar-refractivity contribution in [1.29, 1.82) is 0 Å². The molecular formula is C21H15Cl2NO7S. The number of halogens is 2. The Bertz CT molecular complexity index is 1300. The number of aromatic hydroxyl groups is 1. The van der Waals surface area contributed by atoms with Crippen LogP contribution in [-0.4, -0.2) is 30.5 Å². The van der Waals surface area contributed by atoms with Gasteiger partial charge < -0.3 is 20.3 Å². The number of aryl methyl sites for hydroxylation is 1. The maximum Gasteiger partial charge on any atom is 0.394 e. The van der Waals surface area contributed by atoms with Gasteiger partial charge in [-0.25, -0.2) is 13.2 Å². The van der Waals surface area contributed by atoms with Crippen LogP contribution in [0.3, 0.4) is 0 Å². The number of phenols is 1. The summed E-state index contributed by atoms with van der Waals surface area (Å²) in [6.45, 7) is 1.81. The van der Waals surface area contributed by atoms with E-state index in [1.165, 1.54) is 30.3 Å². The number of hydrogen-bond acceptors (Lipinski definition) is 6. The third kappa shape index (κ3) is 4.96. The standard InChI is InChI=1S/C21H15Cl2NO7S/c1-11-2-5-14(6-3-11)32(29,30)18-10-13(4-7-17(18)25)31-19-15(22)8-12(9-16(19)23)24-20(26)21(27)28/h2-10,25H,1H3,(H,24,26)(H,27,28). The van der Waals surface area contributed by atoms with E-state index in [4.69, 9.17) is 33.0 Å². The molecule has 0 saturated carbocycles. The summed E-state index contributed by atoms with van der Waals surface area (Å²) in [5.74, 6) is -3.49. The number of benzene rings is 3. The van der Waals surface area contributed by atoms with Crippen molar-refractivity contribution in [3.05, 3.63) is 70.2 Å². The number of nitrogens with one attached hydrogen (secondary N) is 1. The van der Waals surface area contributed by atoms with Gasteiger partial charge in [-0.1, -0.05) is 40.9 Å². The number of sulfone groups is 1. The fraction of sp³-hybridized carbons (Fsp3) is 0.0476. The summed E-state index contributed by atoms with van der Waals surface area (Å²) in [5.41, 5.74) is 0.894. The molecule has 0 saturated heterocycles. The topological polar surface area (TPSA) is 130 Å². The number of rotatable bonds is 5. The molecular weight excluding hydrogens is 481 g/mol. The lowest BCUT2D eigenvalue weighted by molar-refractivity contribution is -0.147. The van der Waals surface area contributed by atoms with Crippen LogP contribution in [-0.2, 0) is 19.4 Å². The van der Waals surface area contributed by atoms with Crippen molar-refractivity contribution in [2.45, 2.75) is 16.7 Å². The Morgan fingerprint density at radius 2 is 1.56 bits per heavy atom. The van der Waals surface area contributed by atoms with E-state index in [9.17, 15) is 23.1 Å². The number of ether oxygens (including phenoxy) is 1. The lowest BCUT2D eigenvalue weighted by Crippen LogP contribution is -2.21. The molecule has 0 unspecified atom stereocenters. The van der Waals surface area contributed by atoms with Crippen molar-refractivity contribution in [2.24, 2.45) is 0 Å². The Labute approximate surface area is 192 Å². The molecule has 32 heavy (non-hydrogen) atoms. The predicted octanol–water partition coefficient (Wildman–Crippen LogP) is 4.66. The Morgan fingerprint density at radius 1 is 0.969 bits per heavy atom. The first-order valence-corrected chi connectivity index (χ1v) is 11.1. The highest BCUT2D eigenvalue weighted by atomic mass is 35.5. The average Bonchev–Trinajstić information content (AvgIpc) is 2.72. The van der Waals surface area contributed by atoms with Gasteiger partial charge in [-0.3, -0.25) is 4.79 Å². The normalized spacial score (nSPS) is 11.1. The summed E-state index contributed by atoms with van der Waals surface area (Å²) < 4.78 is 31.5. The highest BCUT2D eigenvalue weighted by Crippen LogP contribution is 2.40. The smallest absolute Gasteiger partial charge is 0.394 e. The summed E-state index contributed by atoms with van der Waals surface area (Å²) in [4.78, 5) is 21.6. The lowest BCUT2D eigenvalue weighted by atomic mass is 10.2. The molecule has 0 aliphatic carbocycles. The first kappa shape index (κ1) is 23.4. The summed E-state index contributed by atoms with van der Waals surface area (Å²) in [5, 5.41) is 20.8. The van der Waals surface area contributed by atoms with E-state index >= 15 is 0 Å². The number of phenolic OH excluding ortho intramolecular Hbond substituents is 1. The van der Waals surface area contributed by atoms with Gasteiger partial charge in [-0.05, 0) is 43.3 Å². The lowest BCUT2D eigenvalue weighted by Gasteiger charge is -2.13. The van der Waals surface area contributed by atoms with E-state index in [2.05, 4.69) is 5.32 Å². The van der Waals surface area contributed by atoms with Crippen molar-refractivity contribution in [1.82, 2.24) is 0 Å². The van der Waals surface area contributed by atoms with E-state index in [0.717, 1.165) is 17.7 Å². The molecule has 3 rings (SSSR count). The molecule has 0 aromatic heterocycles. The molecule has 166 valence electrons. The van der Waals surface area contributed by atoms with Crippen LogP contribution in [0.1, 0.15) is 5.56 Å². The second kappa shape index (κ2) is 9.07. The zero-order valence-electron chi connectivity index (χ0n) is 16.3. The van der Waals surface area contributed by atoms with Crippen LogP contribution in [0.2, 0.25) is 10.0 Å². The molecule has 3 aromatic carbocycles. The van der Waals surface area contributed by atoms with Crippen LogP contribution < -0.4 is 10.1 Å². The third-order valence-electron chi connectivity index (χ3n) is 4.22. The maximum atomic E-state index is 13.0. The van der Waals surface area contributed by atoms with Gasteiger partial charge in [0.1, 0.15) is 16.4 Å². The fourth-order valence-corrected chi connectivity index (χ4v) is 4.58. The largest absolute Gasteiger partial charge is 0.507 e. The summed E-state index contributed by atoms with van der Waals surface area (Å²) in [7, 11) is -4.05. The Hall–Kier alpha value is -3.27. The molecule has 3 aromatic rings. The van der Waals surface area contributed by atoms with Gasteiger partial charge in [0, 0.05) is 11.8 Å². The first-order chi connectivity index (χ1) is 15.0. The Kier molecular flexibility index (Phi) is 6.63. The van der Waals surface area contributed by atoms with Crippen molar-refractivity contribution >= 4 is 50.6 Å². The quantitative estimate of drug-likeness (QED) is 0.438. The van der Waals surface area contributed by atoms with Crippen LogP contribution in [0.5, 0.6) is 17.2 Å². The molecule has 0 aliphatic heterocycles. The van der Waals surface area contributed by atoms with E-state index < -0.39 is 27.5 Å². The fourth-order valence-electron chi connectivity index (χ4n) is 2.65. The van der Waals surface area contributed by atoms with Gasteiger partial charge in [0.2, 0.25) is 9.84 Å². The molecule has 8 nitrogen and oxygen atoms in total. The maximum absolute atomic E-state index is 13.0. The number of carbonyl (C=O) groups is 2. The van der Waals surface area contributed by atoms with Gasteiger partial charge in [0.25, 0.3) is 0 Å². The van der Waals surface area contributed by atoms with Gasteiger partial charge in [0.05, 0.1) is 14.9 Å². The van der Waals surface area contributed by atoms with Gasteiger partial charge >= 0.3 is 11.9 Å². The van der Waals surface area contributed by atoms with E-state index in [-0.39, 0.29) is 37.0 Å². The van der Waals surface area contributed by atoms with E-state index in [1.807, 2.05) is 6.92 Å². The van der Waals surface area contributed by atoms with Crippen LogP contribution in [0.15, 0.2) is 64.4 Å². The molecule has 0 atom stereocenters. The molecule has 11 heteroatoms. The van der Waals surface area contributed by atoms with Gasteiger partial charge in [-0.15, -0.1) is 0 Å². The highest BCUT2D eigenvalue weighted by molar-refractivity contribution is 7.91. The van der Waals surface area contributed by atoms with Crippen molar-refractivity contribution in [3.8, 4) is 17.2 Å². The SMILES string of the molecule is Cc1ccc(S(=O)(=O)c2cc(Oc3c(Cl)cc(NC(=O)C(=O)O)cc3Cl)ccc2O)cc1. The van der Waals surface area contributed by atoms with Crippen LogP contribution in [0, 0.1) is 6.92 Å². The zero-order valence-corrected chi connectivity index (χ0v) is 18.6. The number of carboxylic acids is 1. The van der Waals surface area contributed by atoms with Crippen molar-refractivity contribution in [3.63, 3.8) is 0 Å². The predicted molar refractivity (Wildman–Crippen MR) is 118 cm³/mol. The molecule has 1 amide bonds. The molecule has 0 fully saturated rings. The van der Waals surface area contributed by atoms with Crippen LogP contribution in [0.4, 0.5) is 5.69 Å². The number of amides is 1. The summed E-state index contributed by atoms with van der Waals surface area (Å²) >= 11 is 12.3. The van der Waals surface area contributed by atoms with Crippen LogP contribution >= 0.6 is 23.2 Å². The summed E-state index contributed by atoms with van der Waals surface area (Å²) in [6, 6.07) is 12.1. The number of carboxylic acid groups (broad SMARTS) is 1. The second-order valence-electron chi connectivity index (χ2n) is 6.58. The minimum absolute atomic E-state index is 0.00913. The Balaban J connectivity index is 1.95. The molecule has 0 spiro atoms. The second-order valence-corrected chi connectivity index (χ2v) is 9.31. The van der Waals surface area contributed by atoms with Crippen molar-refractivity contribution < 1.29 is 33.0 Å². The molecule has 0 bridgehead atoms. The van der Waals surface area contributed by atoms with E-state index in [1.54, 1.807) is 12.1 Å². The Morgan fingerprint density at radius 3 is 2.12 bits per heavy atom. The highest BCUT2D eigenvalue weighted by Gasteiger charge is 2.23. The zero-order chi connectivity index (χ0) is 23.6. The number of hydrogen-bond donors (Lipinski definition) is 3. The van der Waals surface area contributed by atoms with E-state index in [0.29, 0.717) is 0 Å².